The number of hydrogen-bond donors (Lipinski definition) is 0. The number of rotatable bonds is 58. The second kappa shape index (κ2) is 65.3. The van der Waals surface area contributed by atoms with E-state index in [1.54, 1.807) is 0 Å². The molecule has 0 amide bonds. The average molecular weight is 1080 g/mol. The zero-order valence-electron chi connectivity index (χ0n) is 50.9. The van der Waals surface area contributed by atoms with Gasteiger partial charge in [-0.25, -0.2) is 0 Å². The predicted molar refractivity (Wildman–Crippen MR) is 339 cm³/mol. The molecule has 0 radical (unpaired) electrons. The quantitative estimate of drug-likeness (QED) is 0.0261. The van der Waals surface area contributed by atoms with Crippen LogP contribution in [0.2, 0.25) is 0 Å². The molecule has 6 nitrogen and oxygen atoms in total. The summed E-state index contributed by atoms with van der Waals surface area (Å²) in [6.45, 7) is 6.35. The summed E-state index contributed by atoms with van der Waals surface area (Å²) in [5.41, 5.74) is 0. The van der Waals surface area contributed by atoms with E-state index < -0.39 is 12.1 Å². The van der Waals surface area contributed by atoms with Crippen LogP contribution in [0.1, 0.15) is 297 Å². The van der Waals surface area contributed by atoms with Gasteiger partial charge in [-0.2, -0.15) is 0 Å². The maximum atomic E-state index is 12.8. The fraction of sp³-hybridized carbons (Fsp3) is 0.681. The van der Waals surface area contributed by atoms with Crippen molar-refractivity contribution in [2.45, 2.75) is 303 Å². The molecule has 78 heavy (non-hydrogen) atoms. The van der Waals surface area contributed by atoms with Crippen molar-refractivity contribution in [2.75, 3.05) is 13.2 Å². The molecule has 0 aliphatic heterocycles. The zero-order chi connectivity index (χ0) is 56.4. The predicted octanol–water partition coefficient (Wildman–Crippen LogP) is 22.4. The summed E-state index contributed by atoms with van der Waals surface area (Å²) in [4.78, 5) is 38.2. The lowest BCUT2D eigenvalue weighted by atomic mass is 10.0. The molecule has 0 aromatic rings. The SMILES string of the molecule is CC/C=C\C/C=C\C/C=C\C/C=C\C/C=C\C/C=C\CCC(=O)OC(COC(=O)CCCCCCCCCCCC)COC(=O)CCCCCCCCCCCCCCCCCCCC/C=C\C/C=C\C/C=C\C/C=C\CC. The van der Waals surface area contributed by atoms with Gasteiger partial charge < -0.3 is 14.2 Å². The number of allylic oxidation sites excluding steroid dienone is 20. The summed E-state index contributed by atoms with van der Waals surface area (Å²) >= 11 is 0. The van der Waals surface area contributed by atoms with Crippen LogP contribution in [0.5, 0.6) is 0 Å². The van der Waals surface area contributed by atoms with E-state index in [1.807, 2.05) is 6.08 Å². The lowest BCUT2D eigenvalue weighted by Gasteiger charge is -2.18. The molecule has 444 valence electrons. The van der Waals surface area contributed by atoms with E-state index in [0.29, 0.717) is 19.3 Å². The Morgan fingerprint density at radius 3 is 0.833 bits per heavy atom. The Bertz CT molecular complexity index is 1620. The van der Waals surface area contributed by atoms with Crippen molar-refractivity contribution in [3.63, 3.8) is 0 Å². The van der Waals surface area contributed by atoms with Crippen LogP contribution in [-0.4, -0.2) is 37.2 Å². The lowest BCUT2D eigenvalue weighted by Crippen LogP contribution is -2.30. The smallest absolute Gasteiger partial charge is 0.306 e. The van der Waals surface area contributed by atoms with E-state index in [2.05, 4.69) is 136 Å². The molecule has 0 saturated carbocycles. The first-order chi connectivity index (χ1) is 38.5. The molecule has 1 unspecified atom stereocenters. The Morgan fingerprint density at radius 2 is 0.526 bits per heavy atom. The monoisotopic (exact) mass is 1080 g/mol. The number of ether oxygens (including phenoxy) is 3. The summed E-state index contributed by atoms with van der Waals surface area (Å²) in [6.07, 6.45) is 91.0. The van der Waals surface area contributed by atoms with Crippen LogP contribution in [-0.2, 0) is 28.6 Å². The molecule has 1 atom stereocenters. The Labute approximate surface area is 482 Å². The molecular weight excluding hydrogens is 961 g/mol. The second-order valence-corrected chi connectivity index (χ2v) is 21.3. The topological polar surface area (TPSA) is 78.9 Å². The minimum atomic E-state index is -0.818. The van der Waals surface area contributed by atoms with Crippen LogP contribution in [0.4, 0.5) is 0 Å². The third kappa shape index (κ3) is 62.7. The maximum Gasteiger partial charge on any atom is 0.306 e. The van der Waals surface area contributed by atoms with Crippen molar-refractivity contribution in [1.29, 1.82) is 0 Å². The molecule has 0 bridgehead atoms. The minimum Gasteiger partial charge on any atom is -0.462 e. The number of carbonyl (C=O) groups excluding carboxylic acids is 3. The van der Waals surface area contributed by atoms with Gasteiger partial charge in [-0.1, -0.05) is 303 Å². The third-order valence-corrected chi connectivity index (χ3v) is 13.7. The van der Waals surface area contributed by atoms with Crippen LogP contribution in [0, 0.1) is 0 Å². The first-order valence-corrected chi connectivity index (χ1v) is 32.5. The molecule has 0 spiro atoms. The number of hydrogen-bond acceptors (Lipinski definition) is 6. The van der Waals surface area contributed by atoms with E-state index >= 15 is 0 Å². The number of carbonyl (C=O) groups is 3. The largest absolute Gasteiger partial charge is 0.462 e. The van der Waals surface area contributed by atoms with Crippen LogP contribution in [0.3, 0.4) is 0 Å². The highest BCUT2D eigenvalue weighted by Gasteiger charge is 2.19. The van der Waals surface area contributed by atoms with Crippen molar-refractivity contribution in [3.8, 4) is 0 Å². The zero-order valence-corrected chi connectivity index (χ0v) is 50.9. The highest BCUT2D eigenvalue weighted by atomic mass is 16.6. The van der Waals surface area contributed by atoms with E-state index in [9.17, 15) is 14.4 Å². The molecule has 0 aromatic heterocycles. The van der Waals surface area contributed by atoms with Crippen molar-refractivity contribution in [1.82, 2.24) is 0 Å². The molecule has 0 aliphatic rings. The van der Waals surface area contributed by atoms with Gasteiger partial charge >= 0.3 is 17.9 Å². The Kier molecular flexibility index (Phi) is 61.8. The molecule has 6 heteroatoms. The molecule has 0 N–H and O–H groups in total. The first kappa shape index (κ1) is 73.8. The van der Waals surface area contributed by atoms with Gasteiger partial charge in [0.2, 0.25) is 0 Å². The van der Waals surface area contributed by atoms with Gasteiger partial charge in [0.25, 0.3) is 0 Å². The summed E-state index contributed by atoms with van der Waals surface area (Å²) < 4.78 is 16.8. The molecular formula is C72H120O6. The van der Waals surface area contributed by atoms with Gasteiger partial charge in [0, 0.05) is 19.3 Å². The number of esters is 3. The van der Waals surface area contributed by atoms with E-state index in [1.165, 1.54) is 148 Å². The third-order valence-electron chi connectivity index (χ3n) is 13.7. The Balaban J connectivity index is 4.23. The molecule has 0 aliphatic carbocycles. The van der Waals surface area contributed by atoms with Crippen LogP contribution >= 0.6 is 0 Å². The normalized spacial score (nSPS) is 12.9. The maximum absolute atomic E-state index is 12.8. The fourth-order valence-corrected chi connectivity index (χ4v) is 8.93. The van der Waals surface area contributed by atoms with Crippen LogP contribution in [0.25, 0.3) is 0 Å². The fourth-order valence-electron chi connectivity index (χ4n) is 8.93. The molecule has 0 fully saturated rings. The Morgan fingerprint density at radius 1 is 0.269 bits per heavy atom. The van der Waals surface area contributed by atoms with Crippen LogP contribution < -0.4 is 0 Å². The summed E-state index contributed by atoms with van der Waals surface area (Å²) in [6, 6.07) is 0. The minimum absolute atomic E-state index is 0.106. The van der Waals surface area contributed by atoms with E-state index in [4.69, 9.17) is 14.2 Å². The molecule has 0 saturated heterocycles. The summed E-state index contributed by atoms with van der Waals surface area (Å²) in [7, 11) is 0. The number of unbranched alkanes of at least 4 members (excludes halogenated alkanes) is 27. The summed E-state index contributed by atoms with van der Waals surface area (Å²) in [5.74, 6) is -0.986. The van der Waals surface area contributed by atoms with Gasteiger partial charge in [0.1, 0.15) is 13.2 Å². The van der Waals surface area contributed by atoms with Gasteiger partial charge in [-0.15, -0.1) is 0 Å². The van der Waals surface area contributed by atoms with Crippen molar-refractivity contribution < 1.29 is 28.6 Å². The van der Waals surface area contributed by atoms with Crippen molar-refractivity contribution in [2.24, 2.45) is 0 Å². The first-order valence-electron chi connectivity index (χ1n) is 32.5. The highest BCUT2D eigenvalue weighted by Crippen LogP contribution is 2.16. The van der Waals surface area contributed by atoms with Gasteiger partial charge in [-0.05, 0) is 96.3 Å². The van der Waals surface area contributed by atoms with Crippen molar-refractivity contribution >= 4 is 17.9 Å². The highest BCUT2D eigenvalue weighted by molar-refractivity contribution is 5.71. The lowest BCUT2D eigenvalue weighted by molar-refractivity contribution is -0.166. The standard InChI is InChI=1S/C72H120O6/c1-4-7-10-13-16-19-22-24-26-28-30-31-32-33-34-35-36-37-38-39-40-41-43-44-46-48-50-53-56-59-62-65-71(74)77-68-69(67-76-70(73)64-61-58-55-52-21-18-15-12-9-6-3)78-72(75)66-63-60-57-54-51-49-47-45-42-29-27-25-23-20-17-14-11-8-5-2/h7-8,10-11,16-17,19-20,24-27,30-31,42,45,49,51,57,60,69H,4-6,9,12-15,18,21-23,28-29,32-41,43-44,46-48,50,52-56,58-59,61-68H2,1-3H3/b10-7-,11-8-,19-16-,20-17-,26-24-,27-25-,31-30-,45-42-,51-49-,60-57-. The molecule has 0 aromatic carbocycles. The van der Waals surface area contributed by atoms with Gasteiger partial charge in [0.15, 0.2) is 6.10 Å². The van der Waals surface area contributed by atoms with Crippen molar-refractivity contribution in [3.05, 3.63) is 122 Å². The summed E-state index contributed by atoms with van der Waals surface area (Å²) in [5, 5.41) is 0. The van der Waals surface area contributed by atoms with Gasteiger partial charge in [0.05, 0.1) is 0 Å². The van der Waals surface area contributed by atoms with Crippen LogP contribution in [0.15, 0.2) is 122 Å². The molecule has 0 heterocycles. The van der Waals surface area contributed by atoms with Gasteiger partial charge in [-0.3, -0.25) is 14.4 Å². The second-order valence-electron chi connectivity index (χ2n) is 21.3. The van der Waals surface area contributed by atoms with E-state index in [0.717, 1.165) is 103 Å². The van der Waals surface area contributed by atoms with E-state index in [-0.39, 0.29) is 31.6 Å². The average Bonchev–Trinajstić information content (AvgIpc) is 3.44. The Hall–Kier alpha value is -4.19. The molecule has 0 rings (SSSR count).